The molecule has 2 fully saturated rings. The molecule has 1 N–H and O–H groups in total. The quantitative estimate of drug-likeness (QED) is 0.818. The average Bonchev–Trinajstić information content (AvgIpc) is 2.71. The van der Waals surface area contributed by atoms with E-state index in [1.54, 1.807) is 0 Å². The van der Waals surface area contributed by atoms with Gasteiger partial charge in [-0.2, -0.15) is 4.98 Å². The van der Waals surface area contributed by atoms with E-state index in [9.17, 15) is 0 Å². The Morgan fingerprint density at radius 2 is 2.43 bits per heavy atom. The van der Waals surface area contributed by atoms with Gasteiger partial charge in [0.15, 0.2) is 5.82 Å². The first kappa shape index (κ1) is 8.73. The van der Waals surface area contributed by atoms with E-state index in [0.717, 1.165) is 35.7 Å². The van der Waals surface area contributed by atoms with E-state index in [1.807, 2.05) is 11.8 Å². The van der Waals surface area contributed by atoms with Gasteiger partial charge in [0.05, 0.1) is 6.04 Å². The number of hydrogen-bond donors (Lipinski definition) is 1. The lowest BCUT2D eigenvalue weighted by Crippen LogP contribution is -2.14. The smallest absolute Gasteiger partial charge is 0.244 e. The average molecular weight is 211 g/mol. The highest BCUT2D eigenvalue weighted by Crippen LogP contribution is 2.32. The summed E-state index contributed by atoms with van der Waals surface area (Å²) in [5.41, 5.74) is 0. The minimum Gasteiger partial charge on any atom is -0.338 e. The van der Waals surface area contributed by atoms with Crippen molar-refractivity contribution >= 4 is 11.8 Å². The highest BCUT2D eigenvalue weighted by Gasteiger charge is 2.26. The molecule has 2 aliphatic rings. The predicted octanol–water partition coefficient (Wildman–Crippen LogP) is 1.36. The molecule has 5 heteroatoms. The fourth-order valence-corrected chi connectivity index (χ4v) is 2.56. The molecule has 76 valence electrons. The van der Waals surface area contributed by atoms with Crippen molar-refractivity contribution in [2.45, 2.75) is 25.3 Å². The van der Waals surface area contributed by atoms with Crippen molar-refractivity contribution in [1.82, 2.24) is 15.5 Å². The molecule has 0 radical (unpaired) electrons. The van der Waals surface area contributed by atoms with Crippen molar-refractivity contribution in [1.29, 1.82) is 0 Å². The van der Waals surface area contributed by atoms with Gasteiger partial charge in [-0.15, -0.1) is 11.8 Å². The molecule has 1 aliphatic heterocycles. The molecule has 0 aromatic carbocycles. The molecule has 2 heterocycles. The van der Waals surface area contributed by atoms with Crippen LogP contribution >= 0.6 is 11.8 Å². The second kappa shape index (κ2) is 3.55. The van der Waals surface area contributed by atoms with E-state index in [4.69, 9.17) is 4.52 Å². The summed E-state index contributed by atoms with van der Waals surface area (Å²) in [7, 11) is 0. The highest BCUT2D eigenvalue weighted by atomic mass is 32.2. The minimum atomic E-state index is 0.278. The topological polar surface area (TPSA) is 51.0 Å². The number of aromatic nitrogens is 2. The largest absolute Gasteiger partial charge is 0.338 e. The third-order valence-corrected chi connectivity index (χ3v) is 3.61. The number of nitrogens with one attached hydrogen (secondary N) is 1. The van der Waals surface area contributed by atoms with Gasteiger partial charge in [-0.3, -0.25) is 5.32 Å². The van der Waals surface area contributed by atoms with Gasteiger partial charge >= 0.3 is 0 Å². The Bertz CT molecular complexity index is 318. The third kappa shape index (κ3) is 1.79. The molecule has 0 amide bonds. The predicted molar refractivity (Wildman–Crippen MR) is 53.9 cm³/mol. The van der Waals surface area contributed by atoms with Gasteiger partial charge in [-0.25, -0.2) is 0 Å². The normalized spacial score (nSPS) is 27.0. The summed E-state index contributed by atoms with van der Waals surface area (Å²) in [4.78, 5) is 4.42. The fourth-order valence-electron chi connectivity index (χ4n) is 1.63. The zero-order valence-corrected chi connectivity index (χ0v) is 8.72. The van der Waals surface area contributed by atoms with E-state index < -0.39 is 0 Å². The molecule has 1 atom stereocenters. The zero-order chi connectivity index (χ0) is 9.38. The Kier molecular flexibility index (Phi) is 2.21. The Morgan fingerprint density at radius 3 is 3.14 bits per heavy atom. The Labute approximate surface area is 86.8 Å². The van der Waals surface area contributed by atoms with Gasteiger partial charge in [-0.05, 0) is 18.8 Å². The van der Waals surface area contributed by atoms with Gasteiger partial charge in [0.2, 0.25) is 5.89 Å². The van der Waals surface area contributed by atoms with E-state index >= 15 is 0 Å². The van der Waals surface area contributed by atoms with Gasteiger partial charge in [-0.1, -0.05) is 5.16 Å². The van der Waals surface area contributed by atoms with E-state index in [2.05, 4.69) is 15.5 Å². The first-order chi connectivity index (χ1) is 6.92. The van der Waals surface area contributed by atoms with Crippen LogP contribution in [-0.2, 0) is 6.42 Å². The zero-order valence-electron chi connectivity index (χ0n) is 7.90. The van der Waals surface area contributed by atoms with Gasteiger partial charge < -0.3 is 4.52 Å². The van der Waals surface area contributed by atoms with Gasteiger partial charge in [0, 0.05) is 18.1 Å². The van der Waals surface area contributed by atoms with Crippen molar-refractivity contribution in [2.75, 3.05) is 11.6 Å². The standard InChI is InChI=1S/C9H13N3OS/c1-2-6(1)3-8-11-9(13-12-8)7-4-14-5-10-7/h6-7,10H,1-5H2. The molecular weight excluding hydrogens is 198 g/mol. The summed E-state index contributed by atoms with van der Waals surface area (Å²) < 4.78 is 5.24. The lowest BCUT2D eigenvalue weighted by atomic mass is 10.3. The summed E-state index contributed by atoms with van der Waals surface area (Å²) in [5.74, 6) is 4.52. The maximum atomic E-state index is 5.24. The molecular formula is C9H13N3OS. The lowest BCUT2D eigenvalue weighted by Gasteiger charge is -2.00. The van der Waals surface area contributed by atoms with Crippen LogP contribution in [0, 0.1) is 5.92 Å². The molecule has 3 rings (SSSR count). The summed E-state index contributed by atoms with van der Waals surface area (Å²) in [6.07, 6.45) is 3.67. The van der Waals surface area contributed by atoms with Crippen molar-refractivity contribution < 1.29 is 4.52 Å². The van der Waals surface area contributed by atoms with Crippen LogP contribution in [-0.4, -0.2) is 21.8 Å². The number of hydrogen-bond acceptors (Lipinski definition) is 5. The van der Waals surface area contributed by atoms with Crippen LogP contribution in [0.4, 0.5) is 0 Å². The van der Waals surface area contributed by atoms with Crippen molar-refractivity contribution in [2.24, 2.45) is 5.92 Å². The maximum Gasteiger partial charge on any atom is 0.244 e. The minimum absolute atomic E-state index is 0.278. The molecule has 1 aromatic rings. The number of thioether (sulfide) groups is 1. The van der Waals surface area contributed by atoms with Crippen LogP contribution in [0.1, 0.15) is 30.6 Å². The van der Waals surface area contributed by atoms with Crippen LogP contribution in [0.25, 0.3) is 0 Å². The molecule has 4 nitrogen and oxygen atoms in total. The van der Waals surface area contributed by atoms with Crippen LogP contribution < -0.4 is 5.32 Å². The molecule has 1 unspecified atom stereocenters. The molecule has 1 aliphatic carbocycles. The van der Waals surface area contributed by atoms with Crippen LogP contribution in [0.5, 0.6) is 0 Å². The Morgan fingerprint density at radius 1 is 1.50 bits per heavy atom. The number of nitrogens with zero attached hydrogens (tertiary/aromatic N) is 2. The second-order valence-corrected chi connectivity index (χ2v) is 5.00. The van der Waals surface area contributed by atoms with Crippen LogP contribution in [0.3, 0.4) is 0 Å². The summed E-state index contributed by atoms with van der Waals surface area (Å²) in [6, 6.07) is 0.278. The van der Waals surface area contributed by atoms with E-state index in [0.29, 0.717) is 0 Å². The van der Waals surface area contributed by atoms with Crippen molar-refractivity contribution in [3.8, 4) is 0 Å². The van der Waals surface area contributed by atoms with Crippen molar-refractivity contribution in [3.05, 3.63) is 11.7 Å². The first-order valence-corrected chi connectivity index (χ1v) is 6.21. The summed E-state index contributed by atoms with van der Waals surface area (Å²) in [5, 5.41) is 7.33. The molecule has 14 heavy (non-hydrogen) atoms. The first-order valence-electron chi connectivity index (χ1n) is 5.05. The fraction of sp³-hybridized carbons (Fsp3) is 0.778. The lowest BCUT2D eigenvalue weighted by molar-refractivity contribution is 0.346. The SMILES string of the molecule is C1NC(c2nc(CC3CC3)no2)CS1. The van der Waals surface area contributed by atoms with Crippen LogP contribution in [0.15, 0.2) is 4.52 Å². The van der Waals surface area contributed by atoms with E-state index in [1.165, 1.54) is 12.8 Å². The molecule has 0 spiro atoms. The molecule has 1 saturated heterocycles. The summed E-state index contributed by atoms with van der Waals surface area (Å²) >= 11 is 1.87. The molecule has 1 aromatic heterocycles. The number of rotatable bonds is 3. The van der Waals surface area contributed by atoms with Gasteiger partial charge in [0.25, 0.3) is 0 Å². The Balaban J connectivity index is 1.68. The highest BCUT2D eigenvalue weighted by molar-refractivity contribution is 7.99. The Hall–Kier alpha value is -0.550. The van der Waals surface area contributed by atoms with Crippen molar-refractivity contribution in [3.63, 3.8) is 0 Å². The third-order valence-electron chi connectivity index (χ3n) is 2.67. The molecule has 1 saturated carbocycles. The second-order valence-electron chi connectivity index (χ2n) is 3.97. The molecule has 0 bridgehead atoms. The summed E-state index contributed by atoms with van der Waals surface area (Å²) in [6.45, 7) is 0. The maximum absolute atomic E-state index is 5.24. The monoisotopic (exact) mass is 211 g/mol. The van der Waals surface area contributed by atoms with Gasteiger partial charge in [0.1, 0.15) is 0 Å². The van der Waals surface area contributed by atoms with Crippen LogP contribution in [0.2, 0.25) is 0 Å². The van der Waals surface area contributed by atoms with E-state index in [-0.39, 0.29) is 6.04 Å².